The summed E-state index contributed by atoms with van der Waals surface area (Å²) in [5.41, 5.74) is 4.71. The Labute approximate surface area is 234 Å². The topological polar surface area (TPSA) is 0 Å². The van der Waals surface area contributed by atoms with E-state index in [1.165, 1.54) is 22.6 Å². The summed E-state index contributed by atoms with van der Waals surface area (Å²) in [6, 6.07) is 0. The lowest BCUT2D eigenvalue weighted by Crippen LogP contribution is -2.24. The Balaban J connectivity index is 0.000000458. The highest BCUT2D eigenvalue weighted by atomic mass is 31.1. The molecule has 0 aromatic rings. The maximum atomic E-state index is 9.75. The van der Waals surface area contributed by atoms with Crippen LogP contribution in [0.15, 0.2) is 0 Å². The fraction of sp³-hybridized carbons (Fsp3) is 1.00. The lowest BCUT2D eigenvalue weighted by Gasteiger charge is -2.41. The highest BCUT2D eigenvalue weighted by molar-refractivity contribution is 7.60. The van der Waals surface area contributed by atoms with Crippen molar-refractivity contribution in [1.82, 2.24) is 0 Å². The largest absolute Gasteiger partial charge is 0.673 e. The van der Waals surface area contributed by atoms with Crippen LogP contribution < -0.4 is 0 Å². The fourth-order valence-corrected chi connectivity index (χ4v) is 15.5. The van der Waals surface area contributed by atoms with Crippen molar-refractivity contribution >= 4 is 30.4 Å². The molecule has 0 N–H and O–H groups in total. The van der Waals surface area contributed by atoms with Crippen LogP contribution in [0.1, 0.15) is 135 Å². The van der Waals surface area contributed by atoms with Crippen molar-refractivity contribution in [3.63, 3.8) is 0 Å². The first-order chi connectivity index (χ1) is 18.4. The van der Waals surface area contributed by atoms with Crippen LogP contribution in [0.5, 0.6) is 0 Å². The summed E-state index contributed by atoms with van der Waals surface area (Å²) < 4.78 is 78.0. The summed E-state index contributed by atoms with van der Waals surface area (Å²) in [6.45, 7) is 0. The Morgan fingerprint density at radius 3 is 0.718 bits per heavy atom. The number of hydrogen-bond acceptors (Lipinski definition) is 0. The van der Waals surface area contributed by atoms with Gasteiger partial charge in [0.1, 0.15) is 0 Å². The van der Waals surface area contributed by atoms with Crippen molar-refractivity contribution in [2.75, 3.05) is 12.3 Å². The van der Waals surface area contributed by atoms with E-state index in [0.29, 0.717) is 15.8 Å². The van der Waals surface area contributed by atoms with Crippen molar-refractivity contribution in [2.45, 2.75) is 157 Å². The van der Waals surface area contributed by atoms with Gasteiger partial charge in [0.25, 0.3) is 0 Å². The van der Waals surface area contributed by atoms with Gasteiger partial charge in [-0.15, -0.1) is 15.8 Å². The van der Waals surface area contributed by atoms with Gasteiger partial charge in [-0.25, -0.2) is 0 Å². The van der Waals surface area contributed by atoms with Crippen molar-refractivity contribution in [3.8, 4) is 0 Å². The highest BCUT2D eigenvalue weighted by Gasteiger charge is 2.33. The molecule has 0 atom stereocenters. The molecule has 39 heavy (non-hydrogen) atoms. The van der Waals surface area contributed by atoms with Gasteiger partial charge in [-0.05, 0) is 92.7 Å². The molecule has 0 bridgehead atoms. The Kier molecular flexibility index (Phi) is 17.2. The quantitative estimate of drug-likeness (QED) is 0.146. The molecule has 0 amide bonds. The third kappa shape index (κ3) is 17.2. The first-order valence-electron chi connectivity index (χ1n) is 15.7. The van der Waals surface area contributed by atoms with Crippen molar-refractivity contribution in [1.29, 1.82) is 0 Å². The van der Waals surface area contributed by atoms with Gasteiger partial charge in [-0.1, -0.05) is 77.0 Å². The average Bonchev–Trinajstić information content (AvgIpc) is 2.89. The van der Waals surface area contributed by atoms with Crippen molar-refractivity contribution in [2.24, 2.45) is 0 Å². The molecule has 0 saturated heterocycles. The molecule has 4 fully saturated rings. The van der Waals surface area contributed by atoms with Crippen LogP contribution in [0.3, 0.4) is 0 Å². The third-order valence-corrected chi connectivity index (χ3v) is 16.5. The minimum Gasteiger partial charge on any atom is -0.418 e. The summed E-state index contributed by atoms with van der Waals surface area (Å²) in [6.07, 6.45) is 36.6. The predicted octanol–water partition coefficient (Wildman–Crippen LogP) is 12.3. The van der Waals surface area contributed by atoms with E-state index in [0.717, 1.165) is 0 Å². The summed E-state index contributed by atoms with van der Waals surface area (Å²) in [5.74, 6) is 0. The second kappa shape index (κ2) is 18.9. The monoisotopic (exact) mass is 610 g/mol. The van der Waals surface area contributed by atoms with Gasteiger partial charge in [0.2, 0.25) is 0 Å². The first-order valence-corrected chi connectivity index (χ1v) is 19.0. The van der Waals surface area contributed by atoms with Crippen LogP contribution in [-0.4, -0.2) is 49.5 Å². The van der Waals surface area contributed by atoms with E-state index in [4.69, 9.17) is 0 Å². The van der Waals surface area contributed by atoms with Crippen LogP contribution in [0.2, 0.25) is 0 Å². The van der Waals surface area contributed by atoms with E-state index in [9.17, 15) is 34.5 Å². The average molecular weight is 610 g/mol. The molecule has 0 aliphatic heterocycles. The fourth-order valence-electron chi connectivity index (χ4n) is 7.41. The number of halogens is 8. The molecular formula is C27H50B2F8P2-2. The normalized spacial score (nSPS) is 23.2. The van der Waals surface area contributed by atoms with Gasteiger partial charge in [0.05, 0.1) is 0 Å². The molecule has 0 aromatic heterocycles. The lowest BCUT2D eigenvalue weighted by atomic mass is 9.99. The van der Waals surface area contributed by atoms with E-state index in [1.54, 1.807) is 147 Å². The minimum atomic E-state index is -6.00. The minimum absolute atomic E-state index is 0.348. The van der Waals surface area contributed by atoms with Gasteiger partial charge < -0.3 is 34.5 Å². The van der Waals surface area contributed by atoms with Crippen LogP contribution in [0, 0.1) is 0 Å². The molecule has 12 heteroatoms. The third-order valence-electron chi connectivity index (χ3n) is 9.01. The van der Waals surface area contributed by atoms with Crippen LogP contribution in [0.4, 0.5) is 34.5 Å². The molecule has 0 heterocycles. The molecule has 232 valence electrons. The maximum Gasteiger partial charge on any atom is 0.673 e. The van der Waals surface area contributed by atoms with E-state index >= 15 is 0 Å². The smallest absolute Gasteiger partial charge is 0.418 e. The zero-order valence-electron chi connectivity index (χ0n) is 23.6. The van der Waals surface area contributed by atoms with Gasteiger partial charge in [-0.3, -0.25) is 0 Å². The van der Waals surface area contributed by atoms with Gasteiger partial charge >= 0.3 is 14.5 Å². The number of rotatable bonds is 8. The van der Waals surface area contributed by atoms with Crippen molar-refractivity contribution < 1.29 is 34.5 Å². The van der Waals surface area contributed by atoms with E-state index in [1.807, 2.05) is 0 Å². The van der Waals surface area contributed by atoms with Gasteiger partial charge in [0.15, 0.2) is 0 Å². The van der Waals surface area contributed by atoms with Crippen molar-refractivity contribution in [3.05, 3.63) is 0 Å². The summed E-state index contributed by atoms with van der Waals surface area (Å²) in [7, 11) is -11.3. The molecular weight excluding hydrogens is 560 g/mol. The van der Waals surface area contributed by atoms with Crippen LogP contribution in [0.25, 0.3) is 0 Å². The molecule has 0 radical (unpaired) electrons. The van der Waals surface area contributed by atoms with E-state index in [-0.39, 0.29) is 0 Å². The molecule has 4 aliphatic rings. The molecule has 4 rings (SSSR count). The Morgan fingerprint density at radius 1 is 0.359 bits per heavy atom. The second-order valence-corrected chi connectivity index (χ2v) is 17.9. The Hall–Kier alpha value is 0.430. The van der Waals surface area contributed by atoms with Crippen LogP contribution in [-0.2, 0) is 0 Å². The lowest BCUT2D eigenvalue weighted by molar-refractivity contribution is 0.366. The zero-order valence-corrected chi connectivity index (χ0v) is 25.4. The summed E-state index contributed by atoms with van der Waals surface area (Å²) in [4.78, 5) is 0. The second-order valence-electron chi connectivity index (χ2n) is 12.0. The van der Waals surface area contributed by atoms with E-state index < -0.39 is 14.5 Å². The standard InChI is InChI=1S/C27H50P2.2BF4/c1-5-14-24(15-6-1)28(25-16-7-2-8-17-25)22-13-23-29(26-18-9-3-10-19-26)27-20-11-4-12-21-27;2*2-1(3,4)5/h24-27H,1-23H2;;/q;2*-1. The molecule has 0 aromatic carbocycles. The number of hydrogen-bond donors (Lipinski definition) is 0. The molecule has 0 spiro atoms. The molecule has 0 unspecified atom stereocenters. The zero-order chi connectivity index (χ0) is 28.7. The first kappa shape index (κ1) is 35.6. The van der Waals surface area contributed by atoms with E-state index in [2.05, 4.69) is 0 Å². The molecule has 0 nitrogen and oxygen atoms in total. The Morgan fingerprint density at radius 2 is 0.538 bits per heavy atom. The highest BCUT2D eigenvalue weighted by Crippen LogP contribution is 2.59. The van der Waals surface area contributed by atoms with Gasteiger partial charge in [0, 0.05) is 0 Å². The van der Waals surface area contributed by atoms with Crippen LogP contribution >= 0.6 is 15.8 Å². The maximum absolute atomic E-state index is 9.75. The predicted molar refractivity (Wildman–Crippen MR) is 156 cm³/mol. The summed E-state index contributed by atoms with van der Waals surface area (Å²) in [5, 5.41) is 0. The Bertz CT molecular complexity index is 514. The molecule has 4 saturated carbocycles. The summed E-state index contributed by atoms with van der Waals surface area (Å²) >= 11 is 0. The SMILES string of the molecule is C1CCC(P(CCCP(C2CCCCC2)C2CCCCC2)C2CCCCC2)CC1.F[B-](F)(F)F.F[B-](F)(F)F. The van der Waals surface area contributed by atoms with Gasteiger partial charge in [-0.2, -0.15) is 0 Å². The molecule has 4 aliphatic carbocycles.